The number of benzene rings is 1. The lowest BCUT2D eigenvalue weighted by Gasteiger charge is -2.34. The first-order valence-electron chi connectivity index (χ1n) is 7.75. The Bertz CT molecular complexity index is 754. The van der Waals surface area contributed by atoms with Crippen LogP contribution in [0.25, 0.3) is 0 Å². The third-order valence-corrected chi connectivity index (χ3v) is 5.26. The molecule has 1 fully saturated rings. The van der Waals surface area contributed by atoms with Gasteiger partial charge in [-0.1, -0.05) is 18.2 Å². The Morgan fingerprint density at radius 1 is 1.09 bits per heavy atom. The molecular weight excluding hydrogens is 310 g/mol. The molecular formula is C17H21N3O2S. The number of rotatable bonds is 4. The van der Waals surface area contributed by atoms with E-state index >= 15 is 0 Å². The van der Waals surface area contributed by atoms with Gasteiger partial charge in [0.25, 0.3) is 0 Å². The van der Waals surface area contributed by atoms with E-state index in [4.69, 9.17) is 0 Å². The number of sulfone groups is 1. The molecule has 1 N–H and O–H groups in total. The minimum Gasteiger partial charge on any atom is -0.371 e. The fourth-order valence-corrected chi connectivity index (χ4v) is 3.70. The lowest BCUT2D eigenvalue weighted by atomic mass is 10.0. The number of pyridine rings is 1. The summed E-state index contributed by atoms with van der Waals surface area (Å²) in [6, 6.07) is 13.8. The highest BCUT2D eigenvalue weighted by atomic mass is 32.2. The molecule has 1 aromatic carbocycles. The van der Waals surface area contributed by atoms with Crippen LogP contribution < -0.4 is 10.2 Å². The average Bonchev–Trinajstić information content (AvgIpc) is 2.56. The molecule has 0 spiro atoms. The van der Waals surface area contributed by atoms with E-state index in [1.807, 2.05) is 18.2 Å². The van der Waals surface area contributed by atoms with Crippen LogP contribution >= 0.6 is 0 Å². The Kier molecular flexibility index (Phi) is 4.52. The molecule has 0 saturated carbocycles. The molecule has 3 rings (SSSR count). The Morgan fingerprint density at radius 3 is 2.43 bits per heavy atom. The third-order valence-electron chi connectivity index (χ3n) is 4.13. The van der Waals surface area contributed by atoms with E-state index in [0.717, 1.165) is 25.9 Å². The molecule has 2 aromatic rings. The molecule has 6 heteroatoms. The Hall–Kier alpha value is -2.08. The lowest BCUT2D eigenvalue weighted by Crippen LogP contribution is -2.39. The Morgan fingerprint density at radius 2 is 1.78 bits per heavy atom. The Labute approximate surface area is 137 Å². The molecule has 0 unspecified atom stereocenters. The highest BCUT2D eigenvalue weighted by Crippen LogP contribution is 2.24. The molecule has 0 amide bonds. The van der Waals surface area contributed by atoms with Crippen LogP contribution in [-0.2, 0) is 9.84 Å². The van der Waals surface area contributed by atoms with E-state index in [9.17, 15) is 8.42 Å². The average molecular weight is 331 g/mol. The summed E-state index contributed by atoms with van der Waals surface area (Å²) in [5.74, 6) is 0.466. The van der Waals surface area contributed by atoms with Crippen LogP contribution in [0.4, 0.5) is 11.5 Å². The van der Waals surface area contributed by atoms with Crippen molar-refractivity contribution in [2.75, 3.05) is 29.6 Å². The number of nitrogens with one attached hydrogen (secondary N) is 1. The fourth-order valence-electron chi connectivity index (χ4n) is 2.91. The van der Waals surface area contributed by atoms with Crippen molar-refractivity contribution < 1.29 is 8.42 Å². The number of aromatic nitrogens is 1. The first kappa shape index (κ1) is 15.8. The highest BCUT2D eigenvalue weighted by molar-refractivity contribution is 7.90. The molecule has 2 heterocycles. The van der Waals surface area contributed by atoms with Crippen LogP contribution in [0, 0.1) is 0 Å². The number of para-hydroxylation sites is 1. The van der Waals surface area contributed by atoms with Gasteiger partial charge in [0.2, 0.25) is 0 Å². The molecule has 0 bridgehead atoms. The van der Waals surface area contributed by atoms with Crippen molar-refractivity contribution in [3.8, 4) is 0 Å². The number of nitrogens with zero attached hydrogens (tertiary/aromatic N) is 2. The van der Waals surface area contributed by atoms with E-state index in [2.05, 4.69) is 27.3 Å². The number of hydrogen-bond acceptors (Lipinski definition) is 5. The topological polar surface area (TPSA) is 62.3 Å². The van der Waals surface area contributed by atoms with Crippen molar-refractivity contribution in [1.29, 1.82) is 0 Å². The minimum atomic E-state index is -3.27. The van der Waals surface area contributed by atoms with Crippen LogP contribution in [0.1, 0.15) is 12.8 Å². The number of piperidine rings is 1. The molecule has 1 aromatic heterocycles. The maximum atomic E-state index is 11.8. The first-order valence-corrected chi connectivity index (χ1v) is 9.65. The van der Waals surface area contributed by atoms with E-state index < -0.39 is 9.84 Å². The van der Waals surface area contributed by atoms with Gasteiger partial charge in [0.05, 0.1) is 0 Å². The van der Waals surface area contributed by atoms with Gasteiger partial charge >= 0.3 is 0 Å². The standard InChI is InChI=1S/C17H21N3O2S/c1-23(21,22)16-8-5-11-18-17(16)19-14-9-12-20(13-10-14)15-6-3-2-4-7-15/h2-8,11,14H,9-10,12-13H2,1H3,(H,18,19). The summed E-state index contributed by atoms with van der Waals surface area (Å²) in [6.45, 7) is 1.89. The van der Waals surface area contributed by atoms with Crippen LogP contribution in [0.15, 0.2) is 53.6 Å². The lowest BCUT2D eigenvalue weighted by molar-refractivity contribution is 0.524. The molecule has 1 aliphatic rings. The largest absolute Gasteiger partial charge is 0.371 e. The quantitative estimate of drug-likeness (QED) is 0.933. The maximum absolute atomic E-state index is 11.8. The summed E-state index contributed by atoms with van der Waals surface area (Å²) in [4.78, 5) is 6.84. The van der Waals surface area contributed by atoms with Gasteiger partial charge in [0, 0.05) is 37.3 Å². The van der Waals surface area contributed by atoms with Crippen molar-refractivity contribution in [2.45, 2.75) is 23.8 Å². The van der Waals surface area contributed by atoms with Gasteiger partial charge in [-0.05, 0) is 37.1 Å². The van der Waals surface area contributed by atoms with Crippen molar-refractivity contribution in [2.24, 2.45) is 0 Å². The predicted octanol–water partition coefficient (Wildman–Crippen LogP) is 2.57. The van der Waals surface area contributed by atoms with Crippen LogP contribution in [-0.4, -0.2) is 38.8 Å². The van der Waals surface area contributed by atoms with E-state index in [0.29, 0.717) is 5.82 Å². The maximum Gasteiger partial charge on any atom is 0.179 e. The summed E-state index contributed by atoms with van der Waals surface area (Å²) in [5, 5.41) is 3.31. The predicted molar refractivity (Wildman–Crippen MR) is 92.6 cm³/mol. The molecule has 5 nitrogen and oxygen atoms in total. The van der Waals surface area contributed by atoms with Crippen molar-refractivity contribution >= 4 is 21.3 Å². The summed E-state index contributed by atoms with van der Waals surface area (Å²) in [5.41, 5.74) is 1.24. The van der Waals surface area contributed by atoms with Gasteiger partial charge in [0.1, 0.15) is 10.7 Å². The SMILES string of the molecule is CS(=O)(=O)c1cccnc1NC1CCN(c2ccccc2)CC1. The molecule has 1 saturated heterocycles. The molecule has 23 heavy (non-hydrogen) atoms. The van der Waals surface area contributed by atoms with E-state index in [1.165, 1.54) is 11.9 Å². The summed E-state index contributed by atoms with van der Waals surface area (Å²) >= 11 is 0. The van der Waals surface area contributed by atoms with E-state index in [1.54, 1.807) is 18.3 Å². The molecule has 0 radical (unpaired) electrons. The molecule has 122 valence electrons. The van der Waals surface area contributed by atoms with Gasteiger partial charge in [-0.2, -0.15) is 0 Å². The van der Waals surface area contributed by atoms with Crippen molar-refractivity contribution in [3.63, 3.8) is 0 Å². The third kappa shape index (κ3) is 3.82. The van der Waals surface area contributed by atoms with Crippen LogP contribution in [0.2, 0.25) is 0 Å². The minimum absolute atomic E-state index is 0.241. The van der Waals surface area contributed by atoms with Gasteiger partial charge in [0.15, 0.2) is 9.84 Å². The number of anilines is 2. The van der Waals surface area contributed by atoms with Crippen molar-refractivity contribution in [1.82, 2.24) is 4.98 Å². The van der Waals surface area contributed by atoms with Gasteiger partial charge in [-0.25, -0.2) is 13.4 Å². The van der Waals surface area contributed by atoms with Gasteiger partial charge < -0.3 is 10.2 Å². The van der Waals surface area contributed by atoms with Crippen LogP contribution in [0.3, 0.4) is 0 Å². The van der Waals surface area contributed by atoms with Gasteiger partial charge in [-0.15, -0.1) is 0 Å². The summed E-state index contributed by atoms with van der Waals surface area (Å²) in [7, 11) is -3.27. The molecule has 1 aliphatic heterocycles. The first-order chi connectivity index (χ1) is 11.0. The second-order valence-electron chi connectivity index (χ2n) is 5.86. The Balaban J connectivity index is 1.66. The van der Waals surface area contributed by atoms with Crippen LogP contribution in [0.5, 0.6) is 0 Å². The zero-order valence-corrected chi connectivity index (χ0v) is 14.0. The second-order valence-corrected chi connectivity index (χ2v) is 7.85. The summed E-state index contributed by atoms with van der Waals surface area (Å²) in [6.07, 6.45) is 4.74. The molecule has 0 aliphatic carbocycles. The fraction of sp³-hybridized carbons (Fsp3) is 0.353. The highest BCUT2D eigenvalue weighted by Gasteiger charge is 2.22. The zero-order chi connectivity index (χ0) is 16.3. The number of hydrogen-bond donors (Lipinski definition) is 1. The monoisotopic (exact) mass is 331 g/mol. The van der Waals surface area contributed by atoms with E-state index in [-0.39, 0.29) is 10.9 Å². The normalized spacial score (nSPS) is 16.3. The summed E-state index contributed by atoms with van der Waals surface area (Å²) < 4.78 is 23.7. The second kappa shape index (κ2) is 6.58. The van der Waals surface area contributed by atoms with Crippen molar-refractivity contribution in [3.05, 3.63) is 48.7 Å². The zero-order valence-electron chi connectivity index (χ0n) is 13.1. The van der Waals surface area contributed by atoms with Gasteiger partial charge in [-0.3, -0.25) is 0 Å². The smallest absolute Gasteiger partial charge is 0.179 e. The molecule has 0 atom stereocenters.